The van der Waals surface area contributed by atoms with Crippen molar-refractivity contribution in [2.24, 2.45) is 5.73 Å². The first kappa shape index (κ1) is 13.4. The third-order valence-electron chi connectivity index (χ3n) is 0.704. The highest BCUT2D eigenvalue weighted by Gasteiger charge is 2.19. The Hall–Kier alpha value is -0.160. The Morgan fingerprint density at radius 3 is 2.09 bits per heavy atom. The van der Waals surface area contributed by atoms with Gasteiger partial charge in [0, 0.05) is 6.54 Å². The summed E-state index contributed by atoms with van der Waals surface area (Å²) in [5.41, 5.74) is 4.78. The van der Waals surface area contributed by atoms with Crippen molar-refractivity contribution < 1.29 is 14.6 Å². The van der Waals surface area contributed by atoms with Gasteiger partial charge in [-0.15, -0.1) is 11.6 Å². The SMILES string of the molecule is C=O.ClCC1CO1.NCCO. The number of nitrogens with two attached hydrogens (primary N) is 1. The summed E-state index contributed by atoms with van der Waals surface area (Å²) in [4.78, 5) is 8.00. The Morgan fingerprint density at radius 2 is 2.09 bits per heavy atom. The summed E-state index contributed by atoms with van der Waals surface area (Å²) in [5.74, 6) is 0.667. The zero-order valence-corrected chi connectivity index (χ0v) is 7.09. The first-order chi connectivity index (χ1) is 5.35. The van der Waals surface area contributed by atoms with Crippen LogP contribution in [0.15, 0.2) is 0 Å². The molecule has 0 spiro atoms. The Balaban J connectivity index is 0. The van der Waals surface area contributed by atoms with E-state index in [9.17, 15) is 0 Å². The van der Waals surface area contributed by atoms with Gasteiger partial charge in [0.25, 0.3) is 0 Å². The van der Waals surface area contributed by atoms with E-state index < -0.39 is 0 Å². The number of hydrogen-bond acceptors (Lipinski definition) is 4. The summed E-state index contributed by atoms with van der Waals surface area (Å²) in [5, 5.41) is 7.75. The smallest absolute Gasteiger partial charge is 0.106 e. The Labute approximate surface area is 71.3 Å². The van der Waals surface area contributed by atoms with Crippen LogP contribution in [0.3, 0.4) is 0 Å². The number of hydrogen-bond donors (Lipinski definition) is 2. The van der Waals surface area contributed by atoms with E-state index in [2.05, 4.69) is 0 Å². The lowest BCUT2D eigenvalue weighted by atomic mass is 10.6. The zero-order chi connectivity index (χ0) is 9.11. The fraction of sp³-hybridized carbons (Fsp3) is 0.833. The topological polar surface area (TPSA) is 75.9 Å². The molecule has 11 heavy (non-hydrogen) atoms. The predicted molar refractivity (Wildman–Crippen MR) is 43.7 cm³/mol. The minimum absolute atomic E-state index is 0.0972. The molecule has 1 aliphatic rings. The van der Waals surface area contributed by atoms with Crippen molar-refractivity contribution in [3.8, 4) is 0 Å². The molecule has 0 aromatic rings. The second-order valence-corrected chi connectivity index (χ2v) is 1.93. The molecule has 3 N–H and O–H groups in total. The Morgan fingerprint density at radius 1 is 1.73 bits per heavy atom. The van der Waals surface area contributed by atoms with Gasteiger partial charge in [0.05, 0.1) is 25.2 Å². The average Bonchev–Trinajstić information content (AvgIpc) is 2.91. The number of carbonyl (C=O) groups excluding carboxylic acids is 1. The number of epoxide rings is 1. The maximum atomic E-state index is 8.00. The van der Waals surface area contributed by atoms with E-state index in [1.54, 1.807) is 0 Å². The van der Waals surface area contributed by atoms with E-state index in [0.717, 1.165) is 6.61 Å². The second kappa shape index (κ2) is 12.5. The Kier molecular flexibility index (Phi) is 15.3. The highest BCUT2D eigenvalue weighted by atomic mass is 35.5. The van der Waals surface area contributed by atoms with Gasteiger partial charge < -0.3 is 20.4 Å². The van der Waals surface area contributed by atoms with Gasteiger partial charge in [-0.05, 0) is 0 Å². The van der Waals surface area contributed by atoms with Gasteiger partial charge in [-0.1, -0.05) is 0 Å². The largest absolute Gasteiger partial charge is 0.395 e. The fourth-order valence-corrected chi connectivity index (χ4v) is 0.335. The minimum Gasteiger partial charge on any atom is -0.395 e. The van der Waals surface area contributed by atoms with Crippen molar-refractivity contribution in [2.75, 3.05) is 25.6 Å². The standard InChI is InChI=1S/C3H5ClO.C2H7NO.CH2O/c4-1-3-2-5-3;3-1-2-4;1-2/h3H,1-2H2;4H,1-3H2;1H2. The number of carbonyl (C=O) groups is 1. The van der Waals surface area contributed by atoms with E-state index in [1.165, 1.54) is 0 Å². The van der Waals surface area contributed by atoms with Crippen LogP contribution in [0, 0.1) is 0 Å². The van der Waals surface area contributed by atoms with Crippen molar-refractivity contribution in [3.63, 3.8) is 0 Å². The molecule has 1 unspecified atom stereocenters. The molecule has 0 bridgehead atoms. The summed E-state index contributed by atoms with van der Waals surface area (Å²) in [6.45, 7) is 3.35. The highest BCUT2D eigenvalue weighted by Crippen LogP contribution is 2.08. The molecule has 5 heteroatoms. The summed E-state index contributed by atoms with van der Waals surface area (Å²) >= 11 is 5.27. The molecule has 0 aromatic carbocycles. The number of aliphatic hydroxyl groups excluding tert-OH is 1. The van der Waals surface area contributed by atoms with Gasteiger partial charge in [-0.25, -0.2) is 0 Å². The summed E-state index contributed by atoms with van der Waals surface area (Å²) in [7, 11) is 0. The summed E-state index contributed by atoms with van der Waals surface area (Å²) in [6.07, 6.45) is 0.400. The molecule has 68 valence electrons. The fourth-order valence-electron chi connectivity index (χ4n) is 0.157. The Bertz CT molecular complexity index is 68.8. The molecule has 1 fully saturated rings. The van der Waals surface area contributed by atoms with Crippen LogP contribution >= 0.6 is 11.6 Å². The normalized spacial score (nSPS) is 18.6. The van der Waals surface area contributed by atoms with Crippen LogP contribution in [0.25, 0.3) is 0 Å². The van der Waals surface area contributed by atoms with E-state index in [-0.39, 0.29) is 6.61 Å². The molecule has 1 rings (SSSR count). The first-order valence-corrected chi connectivity index (χ1v) is 3.66. The van der Waals surface area contributed by atoms with Crippen LogP contribution in [0.2, 0.25) is 0 Å². The van der Waals surface area contributed by atoms with Crippen LogP contribution in [0.4, 0.5) is 0 Å². The van der Waals surface area contributed by atoms with Gasteiger partial charge >= 0.3 is 0 Å². The molecule has 1 heterocycles. The summed E-state index contributed by atoms with van der Waals surface area (Å²) in [6, 6.07) is 0. The van der Waals surface area contributed by atoms with Crippen molar-refractivity contribution >= 4 is 18.4 Å². The highest BCUT2D eigenvalue weighted by molar-refractivity contribution is 6.18. The van der Waals surface area contributed by atoms with Gasteiger partial charge in [0.15, 0.2) is 0 Å². The second-order valence-electron chi connectivity index (χ2n) is 1.62. The van der Waals surface area contributed by atoms with Crippen LogP contribution in [0.1, 0.15) is 0 Å². The van der Waals surface area contributed by atoms with Gasteiger partial charge in [0.2, 0.25) is 0 Å². The lowest BCUT2D eigenvalue weighted by Gasteiger charge is -1.71. The molecular weight excluding hydrogens is 170 g/mol. The average molecular weight is 184 g/mol. The van der Waals surface area contributed by atoms with E-state index >= 15 is 0 Å². The minimum atomic E-state index is 0.0972. The van der Waals surface area contributed by atoms with Crippen LogP contribution in [-0.2, 0) is 9.53 Å². The molecule has 0 radical (unpaired) electrons. The molecule has 0 aromatic heterocycles. The third kappa shape index (κ3) is 17.7. The van der Waals surface area contributed by atoms with Crippen molar-refractivity contribution in [3.05, 3.63) is 0 Å². The number of halogens is 1. The number of alkyl halides is 1. The van der Waals surface area contributed by atoms with Crippen LogP contribution < -0.4 is 5.73 Å². The molecule has 1 saturated heterocycles. The lowest BCUT2D eigenvalue weighted by molar-refractivity contribution is -0.0979. The molecule has 0 aliphatic carbocycles. The number of rotatable bonds is 2. The third-order valence-corrected chi connectivity index (χ3v) is 1.05. The van der Waals surface area contributed by atoms with E-state index in [4.69, 9.17) is 32.0 Å². The molecule has 0 amide bonds. The van der Waals surface area contributed by atoms with Crippen molar-refractivity contribution in [1.82, 2.24) is 0 Å². The zero-order valence-electron chi connectivity index (χ0n) is 6.33. The molecule has 0 saturated carbocycles. The maximum Gasteiger partial charge on any atom is 0.106 e. The number of aliphatic hydroxyl groups is 1. The van der Waals surface area contributed by atoms with Gasteiger partial charge in [0.1, 0.15) is 6.79 Å². The quantitative estimate of drug-likeness (QED) is 0.442. The van der Waals surface area contributed by atoms with E-state index in [0.29, 0.717) is 18.5 Å². The van der Waals surface area contributed by atoms with Crippen LogP contribution in [0.5, 0.6) is 0 Å². The monoisotopic (exact) mass is 183 g/mol. The first-order valence-electron chi connectivity index (χ1n) is 3.12. The lowest BCUT2D eigenvalue weighted by Crippen LogP contribution is -2.02. The molecular formula is C6H14ClNO3. The van der Waals surface area contributed by atoms with Gasteiger partial charge in [-0.2, -0.15) is 0 Å². The van der Waals surface area contributed by atoms with Crippen LogP contribution in [-0.4, -0.2) is 43.6 Å². The number of ether oxygens (including phenoxy) is 1. The van der Waals surface area contributed by atoms with E-state index in [1.807, 2.05) is 6.79 Å². The van der Waals surface area contributed by atoms with Gasteiger partial charge in [-0.3, -0.25) is 0 Å². The predicted octanol–water partition coefficient (Wildman–Crippen LogP) is -0.623. The molecule has 4 nitrogen and oxygen atoms in total. The maximum absolute atomic E-state index is 8.00. The van der Waals surface area contributed by atoms with Crippen molar-refractivity contribution in [2.45, 2.75) is 6.10 Å². The van der Waals surface area contributed by atoms with Crippen molar-refractivity contribution in [1.29, 1.82) is 0 Å². The summed E-state index contributed by atoms with van der Waals surface area (Å²) < 4.78 is 4.73. The molecule has 1 atom stereocenters. The molecule has 1 aliphatic heterocycles.